The number of hydrogen-bond donors (Lipinski definition) is 3. The maximum atomic E-state index is 13.1. The van der Waals surface area contributed by atoms with Crippen molar-refractivity contribution in [3.63, 3.8) is 0 Å². The van der Waals surface area contributed by atoms with Gasteiger partial charge in [0.2, 0.25) is 0 Å². The molecule has 7 heteroatoms. The van der Waals surface area contributed by atoms with Crippen LogP contribution in [0.3, 0.4) is 0 Å². The summed E-state index contributed by atoms with van der Waals surface area (Å²) in [5, 5.41) is 20.6. The van der Waals surface area contributed by atoms with Gasteiger partial charge < -0.3 is 24.7 Å². The minimum Gasteiger partial charge on any atom is -0.493 e. The highest BCUT2D eigenvalue weighted by Crippen LogP contribution is 2.39. The van der Waals surface area contributed by atoms with Crippen LogP contribution in [0.2, 0.25) is 0 Å². The number of fused-ring (bicyclic) bond motifs is 3. The molecule has 35 heavy (non-hydrogen) atoms. The van der Waals surface area contributed by atoms with Crippen molar-refractivity contribution in [2.45, 2.75) is 39.7 Å². The van der Waals surface area contributed by atoms with Crippen LogP contribution in [0.25, 0.3) is 10.9 Å². The predicted octanol–water partition coefficient (Wildman–Crippen LogP) is 4.67. The van der Waals surface area contributed by atoms with E-state index in [0.717, 1.165) is 23.2 Å². The minimum atomic E-state index is -0.668. The zero-order valence-corrected chi connectivity index (χ0v) is 20.8. The molecule has 0 unspecified atom stereocenters. The van der Waals surface area contributed by atoms with Crippen molar-refractivity contribution in [2.75, 3.05) is 33.0 Å². The van der Waals surface area contributed by atoms with Gasteiger partial charge in [-0.3, -0.25) is 4.90 Å². The molecular formula is C28H36N2O5. The molecule has 0 saturated carbocycles. The average Bonchev–Trinajstić information content (AvgIpc) is 3.27. The third kappa shape index (κ3) is 5.16. The second-order valence-electron chi connectivity index (χ2n) is 9.91. The minimum absolute atomic E-state index is 0.142. The molecule has 1 aliphatic rings. The average molecular weight is 481 g/mol. The molecule has 188 valence electrons. The maximum Gasteiger partial charge on any atom is 0.410 e. The standard InChI is InChI=1S/C28H36N2O5/c1-4-28(16-31,17-32)18-35-21-11-9-20(10-12-21)26-25-23(22-7-5-6-8-24(22)29-25)13-14-30(26)27(33)34-15-19(2)3/h5-12,19,26,29,31-32H,4,13-18H2,1-3H3/t26-/m0/s1. The van der Waals surface area contributed by atoms with Crippen molar-refractivity contribution in [2.24, 2.45) is 11.3 Å². The molecule has 7 nitrogen and oxygen atoms in total. The maximum absolute atomic E-state index is 13.1. The molecule has 0 saturated heterocycles. The summed E-state index contributed by atoms with van der Waals surface area (Å²) in [6, 6.07) is 15.6. The molecular weight excluding hydrogens is 444 g/mol. The van der Waals surface area contributed by atoms with Crippen LogP contribution in [0.1, 0.15) is 50.1 Å². The monoisotopic (exact) mass is 480 g/mol. The largest absolute Gasteiger partial charge is 0.493 e. The van der Waals surface area contributed by atoms with E-state index in [9.17, 15) is 15.0 Å². The molecule has 2 aromatic carbocycles. The van der Waals surface area contributed by atoms with Gasteiger partial charge in [-0.05, 0) is 48.1 Å². The van der Waals surface area contributed by atoms with Gasteiger partial charge in [-0.1, -0.05) is 51.1 Å². The number of nitrogens with zero attached hydrogens (tertiary/aromatic N) is 1. The normalized spacial score (nSPS) is 15.9. The Balaban J connectivity index is 1.64. The van der Waals surface area contributed by atoms with Gasteiger partial charge in [0.15, 0.2) is 0 Å². The fourth-order valence-corrected chi connectivity index (χ4v) is 4.55. The van der Waals surface area contributed by atoms with E-state index in [1.54, 1.807) is 4.90 Å². The van der Waals surface area contributed by atoms with Crippen LogP contribution >= 0.6 is 0 Å². The lowest BCUT2D eigenvalue weighted by Crippen LogP contribution is -2.41. The Hall–Kier alpha value is -3.03. The van der Waals surface area contributed by atoms with Crippen LogP contribution in [-0.2, 0) is 11.2 Å². The zero-order valence-electron chi connectivity index (χ0n) is 20.8. The van der Waals surface area contributed by atoms with E-state index in [1.165, 1.54) is 10.9 Å². The number of aliphatic hydroxyl groups excluding tert-OH is 2. The molecule has 4 rings (SSSR count). The molecule has 0 radical (unpaired) electrons. The van der Waals surface area contributed by atoms with E-state index in [2.05, 4.69) is 17.1 Å². The highest BCUT2D eigenvalue weighted by molar-refractivity contribution is 5.86. The van der Waals surface area contributed by atoms with Crippen LogP contribution < -0.4 is 4.74 Å². The van der Waals surface area contributed by atoms with Crippen molar-refractivity contribution >= 4 is 17.0 Å². The second-order valence-corrected chi connectivity index (χ2v) is 9.91. The lowest BCUT2D eigenvalue weighted by Gasteiger charge is -2.35. The fraction of sp³-hybridized carbons (Fsp3) is 0.464. The number of aliphatic hydroxyl groups is 2. The number of amides is 1. The summed E-state index contributed by atoms with van der Waals surface area (Å²) < 4.78 is 11.5. The highest BCUT2D eigenvalue weighted by atomic mass is 16.6. The van der Waals surface area contributed by atoms with Gasteiger partial charge in [0.25, 0.3) is 0 Å². The van der Waals surface area contributed by atoms with Crippen molar-refractivity contribution in [1.29, 1.82) is 0 Å². The number of rotatable bonds is 9. The van der Waals surface area contributed by atoms with Crippen molar-refractivity contribution in [1.82, 2.24) is 9.88 Å². The molecule has 1 aliphatic heterocycles. The number of carbonyl (C=O) groups is 1. The van der Waals surface area contributed by atoms with Gasteiger partial charge >= 0.3 is 6.09 Å². The van der Waals surface area contributed by atoms with E-state index < -0.39 is 5.41 Å². The van der Waals surface area contributed by atoms with Crippen LogP contribution in [0.4, 0.5) is 4.79 Å². The number of ether oxygens (including phenoxy) is 2. The summed E-state index contributed by atoms with van der Waals surface area (Å²) in [6.45, 7) is 6.86. The van der Waals surface area contributed by atoms with E-state index in [0.29, 0.717) is 25.3 Å². The van der Waals surface area contributed by atoms with Crippen molar-refractivity contribution in [3.05, 3.63) is 65.4 Å². The molecule has 1 atom stereocenters. The second kappa shape index (κ2) is 10.7. The van der Waals surface area contributed by atoms with E-state index >= 15 is 0 Å². The van der Waals surface area contributed by atoms with Crippen LogP contribution in [-0.4, -0.2) is 59.2 Å². The van der Waals surface area contributed by atoms with Crippen molar-refractivity contribution in [3.8, 4) is 5.75 Å². The molecule has 1 aromatic heterocycles. The highest BCUT2D eigenvalue weighted by Gasteiger charge is 2.35. The number of benzene rings is 2. The lowest BCUT2D eigenvalue weighted by molar-refractivity contribution is 0.0114. The molecule has 3 N–H and O–H groups in total. The fourth-order valence-electron chi connectivity index (χ4n) is 4.55. The van der Waals surface area contributed by atoms with Gasteiger partial charge in [0.05, 0.1) is 31.8 Å². The molecule has 2 heterocycles. The van der Waals surface area contributed by atoms with Gasteiger partial charge in [0, 0.05) is 23.1 Å². The third-order valence-corrected chi connectivity index (χ3v) is 6.97. The molecule has 1 amide bonds. The van der Waals surface area contributed by atoms with Crippen LogP contribution in [0.5, 0.6) is 5.75 Å². The number of para-hydroxylation sites is 1. The van der Waals surface area contributed by atoms with Gasteiger partial charge in [-0.2, -0.15) is 0 Å². The first-order valence-electron chi connectivity index (χ1n) is 12.4. The number of aromatic nitrogens is 1. The molecule has 0 aliphatic carbocycles. The quantitative estimate of drug-likeness (QED) is 0.414. The summed E-state index contributed by atoms with van der Waals surface area (Å²) in [5.41, 5.74) is 3.59. The zero-order chi connectivity index (χ0) is 25.0. The summed E-state index contributed by atoms with van der Waals surface area (Å²) in [4.78, 5) is 18.5. The molecule has 3 aromatic rings. The molecule has 0 fully saturated rings. The number of H-pyrrole nitrogens is 1. The van der Waals surface area contributed by atoms with Crippen LogP contribution in [0, 0.1) is 11.3 Å². The van der Waals surface area contributed by atoms with Gasteiger partial charge in [-0.25, -0.2) is 4.79 Å². The van der Waals surface area contributed by atoms with Gasteiger partial charge in [0.1, 0.15) is 11.8 Å². The Kier molecular flexibility index (Phi) is 7.67. The number of carbonyl (C=O) groups excluding carboxylic acids is 1. The van der Waals surface area contributed by atoms with Crippen LogP contribution in [0.15, 0.2) is 48.5 Å². The summed E-state index contributed by atoms with van der Waals surface area (Å²) >= 11 is 0. The molecule has 0 bridgehead atoms. The smallest absolute Gasteiger partial charge is 0.410 e. The first-order chi connectivity index (χ1) is 16.9. The summed E-state index contributed by atoms with van der Waals surface area (Å²) in [7, 11) is 0. The number of hydrogen-bond acceptors (Lipinski definition) is 5. The van der Waals surface area contributed by atoms with E-state index in [4.69, 9.17) is 9.47 Å². The third-order valence-electron chi connectivity index (χ3n) is 6.97. The van der Waals surface area contributed by atoms with E-state index in [1.807, 2.05) is 57.2 Å². The topological polar surface area (TPSA) is 95.0 Å². The Morgan fingerprint density at radius 3 is 2.51 bits per heavy atom. The first kappa shape index (κ1) is 25.1. The Morgan fingerprint density at radius 1 is 1.14 bits per heavy atom. The number of aromatic amines is 1. The van der Waals surface area contributed by atoms with E-state index in [-0.39, 0.29) is 37.9 Å². The lowest BCUT2D eigenvalue weighted by atomic mass is 9.88. The van der Waals surface area contributed by atoms with Gasteiger partial charge in [-0.15, -0.1) is 0 Å². The SMILES string of the molecule is CCC(CO)(CO)COc1ccc([C@H]2c3[nH]c4ccccc4c3CCN2C(=O)OCC(C)C)cc1. The summed E-state index contributed by atoms with van der Waals surface area (Å²) in [5.74, 6) is 0.908. The Morgan fingerprint density at radius 2 is 1.86 bits per heavy atom. The first-order valence-corrected chi connectivity index (χ1v) is 12.4. The predicted molar refractivity (Wildman–Crippen MR) is 136 cm³/mol. The van der Waals surface area contributed by atoms with Crippen molar-refractivity contribution < 1.29 is 24.5 Å². The Bertz CT molecular complexity index is 1130. The number of nitrogens with one attached hydrogen (secondary N) is 1. The Labute approximate surface area is 206 Å². The molecule has 0 spiro atoms. The summed E-state index contributed by atoms with van der Waals surface area (Å²) in [6.07, 6.45) is 1.05.